The van der Waals surface area contributed by atoms with Gasteiger partial charge in [-0.25, -0.2) is 14.8 Å². The number of anilines is 1. The van der Waals surface area contributed by atoms with Crippen LogP contribution in [0, 0.1) is 6.92 Å². The van der Waals surface area contributed by atoms with Gasteiger partial charge in [0, 0.05) is 18.0 Å². The number of nitrogens with zero attached hydrogens (tertiary/aromatic N) is 3. The standard InChI is InChI=1S/C19H19N3O2S2/c1-3-24-19(23)16-12(2)15-17(20-11-21-18(15)26-16)22-8-6-13(7-9-22)14-5-4-10-25-14/h4-6,10-11H,3,7-9H2,1-2H3. The number of carbonyl (C=O) groups excluding carboxylic acids is 1. The minimum Gasteiger partial charge on any atom is -0.462 e. The number of aromatic nitrogens is 2. The summed E-state index contributed by atoms with van der Waals surface area (Å²) in [5.74, 6) is 0.623. The lowest BCUT2D eigenvalue weighted by Gasteiger charge is -2.27. The number of thiophene rings is 2. The molecule has 0 N–H and O–H groups in total. The van der Waals surface area contributed by atoms with Gasteiger partial charge in [0.1, 0.15) is 21.9 Å². The molecule has 134 valence electrons. The quantitative estimate of drug-likeness (QED) is 0.618. The molecule has 4 heterocycles. The van der Waals surface area contributed by atoms with Crippen LogP contribution in [-0.4, -0.2) is 35.6 Å². The summed E-state index contributed by atoms with van der Waals surface area (Å²) in [7, 11) is 0. The molecule has 0 aromatic carbocycles. The first-order valence-corrected chi connectivity index (χ1v) is 10.3. The van der Waals surface area contributed by atoms with Crippen LogP contribution >= 0.6 is 22.7 Å². The Hall–Kier alpha value is -2.25. The highest BCUT2D eigenvalue weighted by molar-refractivity contribution is 7.20. The molecule has 0 saturated heterocycles. The van der Waals surface area contributed by atoms with Crippen molar-refractivity contribution in [1.29, 1.82) is 0 Å². The van der Waals surface area contributed by atoms with E-state index in [0.717, 1.165) is 41.1 Å². The van der Waals surface area contributed by atoms with Gasteiger partial charge in [0.05, 0.1) is 12.0 Å². The van der Waals surface area contributed by atoms with Gasteiger partial charge in [-0.2, -0.15) is 0 Å². The van der Waals surface area contributed by atoms with Gasteiger partial charge in [-0.3, -0.25) is 0 Å². The highest BCUT2D eigenvalue weighted by Gasteiger charge is 2.23. The molecule has 7 heteroatoms. The molecule has 4 rings (SSSR count). The molecule has 0 spiro atoms. The van der Waals surface area contributed by atoms with E-state index >= 15 is 0 Å². The van der Waals surface area contributed by atoms with Gasteiger partial charge in [0.2, 0.25) is 0 Å². The summed E-state index contributed by atoms with van der Waals surface area (Å²) in [4.78, 5) is 26.2. The van der Waals surface area contributed by atoms with Crippen LogP contribution in [0.25, 0.3) is 15.8 Å². The third-order valence-corrected chi connectivity index (χ3v) is 6.64. The number of rotatable bonds is 4. The maximum atomic E-state index is 12.2. The predicted octanol–water partition coefficient (Wildman–Crippen LogP) is 4.53. The zero-order valence-electron chi connectivity index (χ0n) is 14.7. The van der Waals surface area contributed by atoms with E-state index in [1.165, 1.54) is 21.8 Å². The average molecular weight is 386 g/mol. The predicted molar refractivity (Wildman–Crippen MR) is 107 cm³/mol. The van der Waals surface area contributed by atoms with Crippen molar-refractivity contribution in [3.63, 3.8) is 0 Å². The summed E-state index contributed by atoms with van der Waals surface area (Å²) in [6.45, 7) is 5.85. The number of esters is 1. The van der Waals surface area contributed by atoms with E-state index in [9.17, 15) is 4.79 Å². The lowest BCUT2D eigenvalue weighted by molar-refractivity contribution is 0.0531. The van der Waals surface area contributed by atoms with Gasteiger partial charge in [0.25, 0.3) is 0 Å². The van der Waals surface area contributed by atoms with Crippen molar-refractivity contribution < 1.29 is 9.53 Å². The highest BCUT2D eigenvalue weighted by atomic mass is 32.1. The second-order valence-electron chi connectivity index (χ2n) is 6.06. The number of hydrogen-bond acceptors (Lipinski definition) is 7. The van der Waals surface area contributed by atoms with Crippen LogP contribution in [0.5, 0.6) is 0 Å². The van der Waals surface area contributed by atoms with E-state index < -0.39 is 0 Å². The summed E-state index contributed by atoms with van der Waals surface area (Å²) in [6.07, 6.45) is 4.85. The fraction of sp³-hybridized carbons (Fsp3) is 0.316. The van der Waals surface area contributed by atoms with Crippen LogP contribution < -0.4 is 4.90 Å². The molecule has 0 bridgehead atoms. The average Bonchev–Trinajstić information content (AvgIpc) is 3.31. The van der Waals surface area contributed by atoms with Crippen molar-refractivity contribution in [1.82, 2.24) is 9.97 Å². The fourth-order valence-corrected chi connectivity index (χ4v) is 5.07. The van der Waals surface area contributed by atoms with E-state index in [4.69, 9.17) is 4.74 Å². The minimum absolute atomic E-state index is 0.280. The van der Waals surface area contributed by atoms with Crippen LogP contribution in [-0.2, 0) is 4.74 Å². The Morgan fingerprint density at radius 1 is 1.38 bits per heavy atom. The molecule has 26 heavy (non-hydrogen) atoms. The van der Waals surface area contributed by atoms with Crippen LogP contribution in [0.3, 0.4) is 0 Å². The molecule has 1 aliphatic rings. The molecule has 0 saturated carbocycles. The van der Waals surface area contributed by atoms with Crippen LogP contribution in [0.1, 0.15) is 33.5 Å². The maximum Gasteiger partial charge on any atom is 0.348 e. The molecule has 5 nitrogen and oxygen atoms in total. The zero-order valence-corrected chi connectivity index (χ0v) is 16.3. The third kappa shape index (κ3) is 3.01. The highest BCUT2D eigenvalue weighted by Crippen LogP contribution is 2.36. The number of hydrogen-bond donors (Lipinski definition) is 0. The number of carbonyl (C=O) groups is 1. The molecule has 3 aromatic heterocycles. The normalized spacial score (nSPS) is 14.5. The number of fused-ring (bicyclic) bond motifs is 1. The van der Waals surface area contributed by atoms with Gasteiger partial charge >= 0.3 is 5.97 Å². The summed E-state index contributed by atoms with van der Waals surface area (Å²) < 4.78 is 5.18. The van der Waals surface area contributed by atoms with Crippen molar-refractivity contribution in [3.05, 3.63) is 45.2 Å². The molecular weight excluding hydrogens is 366 g/mol. The van der Waals surface area contributed by atoms with Crippen LogP contribution in [0.4, 0.5) is 5.82 Å². The Balaban J connectivity index is 1.68. The van der Waals surface area contributed by atoms with Gasteiger partial charge in [-0.15, -0.1) is 22.7 Å². The first-order valence-electron chi connectivity index (χ1n) is 8.58. The Kier molecular flexibility index (Phi) is 4.74. The maximum absolute atomic E-state index is 12.2. The van der Waals surface area contributed by atoms with Crippen molar-refractivity contribution in [2.45, 2.75) is 20.3 Å². The molecule has 0 aliphatic carbocycles. The Morgan fingerprint density at radius 3 is 2.96 bits per heavy atom. The third-order valence-electron chi connectivity index (χ3n) is 4.51. The molecule has 0 amide bonds. The molecule has 0 unspecified atom stereocenters. The Bertz CT molecular complexity index is 976. The summed E-state index contributed by atoms with van der Waals surface area (Å²) in [5, 5.41) is 3.08. The first-order chi connectivity index (χ1) is 12.7. The fourth-order valence-electron chi connectivity index (χ4n) is 3.23. The van der Waals surface area contributed by atoms with Crippen molar-refractivity contribution in [2.24, 2.45) is 0 Å². The largest absolute Gasteiger partial charge is 0.462 e. The van der Waals surface area contributed by atoms with Crippen molar-refractivity contribution in [3.8, 4) is 0 Å². The number of ether oxygens (including phenoxy) is 1. The SMILES string of the molecule is CCOC(=O)c1sc2ncnc(N3CC=C(c4cccs4)CC3)c2c1C. The van der Waals surface area contributed by atoms with Crippen LogP contribution in [0.2, 0.25) is 0 Å². The molecule has 0 radical (unpaired) electrons. The summed E-state index contributed by atoms with van der Waals surface area (Å²) in [6, 6.07) is 4.26. The minimum atomic E-state index is -0.280. The van der Waals surface area contributed by atoms with Gasteiger partial charge in [-0.05, 0) is 42.9 Å². The van der Waals surface area contributed by atoms with E-state index in [0.29, 0.717) is 11.5 Å². The smallest absolute Gasteiger partial charge is 0.348 e. The second kappa shape index (κ2) is 7.17. The van der Waals surface area contributed by atoms with Crippen molar-refractivity contribution >= 4 is 50.3 Å². The van der Waals surface area contributed by atoms with E-state index in [-0.39, 0.29) is 5.97 Å². The van der Waals surface area contributed by atoms with E-state index in [1.807, 2.05) is 13.8 Å². The van der Waals surface area contributed by atoms with Crippen LogP contribution in [0.15, 0.2) is 29.9 Å². The topological polar surface area (TPSA) is 55.3 Å². The first kappa shape index (κ1) is 17.2. The summed E-state index contributed by atoms with van der Waals surface area (Å²) in [5.41, 5.74) is 2.31. The summed E-state index contributed by atoms with van der Waals surface area (Å²) >= 11 is 3.16. The number of aryl methyl sites for hydroxylation is 1. The van der Waals surface area contributed by atoms with Gasteiger partial charge in [-0.1, -0.05) is 12.1 Å². The molecule has 3 aromatic rings. The monoisotopic (exact) mass is 385 g/mol. The molecule has 0 atom stereocenters. The molecule has 0 fully saturated rings. The Labute approximate surface area is 160 Å². The molecular formula is C19H19N3O2S2. The van der Waals surface area contributed by atoms with Gasteiger partial charge < -0.3 is 9.64 Å². The lowest BCUT2D eigenvalue weighted by Crippen LogP contribution is -2.29. The lowest BCUT2D eigenvalue weighted by atomic mass is 10.1. The molecule has 1 aliphatic heterocycles. The van der Waals surface area contributed by atoms with E-state index in [2.05, 4.69) is 38.5 Å². The van der Waals surface area contributed by atoms with Gasteiger partial charge in [0.15, 0.2) is 0 Å². The Morgan fingerprint density at radius 2 is 2.27 bits per heavy atom. The second-order valence-corrected chi connectivity index (χ2v) is 8.00. The zero-order chi connectivity index (χ0) is 18.1. The van der Waals surface area contributed by atoms with Crippen molar-refractivity contribution in [2.75, 3.05) is 24.6 Å². The van der Waals surface area contributed by atoms with E-state index in [1.54, 1.807) is 17.7 Å².